The van der Waals surface area contributed by atoms with Gasteiger partial charge in [0.1, 0.15) is 5.75 Å². The van der Waals surface area contributed by atoms with Crippen molar-refractivity contribution < 1.29 is 14.3 Å². The first-order valence-corrected chi connectivity index (χ1v) is 11.5. The van der Waals surface area contributed by atoms with Crippen molar-refractivity contribution >= 4 is 11.8 Å². The van der Waals surface area contributed by atoms with Gasteiger partial charge in [-0.05, 0) is 56.5 Å². The second-order valence-electron chi connectivity index (χ2n) is 9.67. The minimum Gasteiger partial charge on any atom is -0.497 e. The Morgan fingerprint density at radius 2 is 1.61 bits per heavy atom. The van der Waals surface area contributed by atoms with Crippen LogP contribution in [0.3, 0.4) is 0 Å². The Morgan fingerprint density at radius 3 is 2.23 bits per heavy atom. The number of benzene rings is 1. The molecule has 7 nitrogen and oxygen atoms in total. The lowest BCUT2D eigenvalue weighted by Crippen LogP contribution is -2.52. The third kappa shape index (κ3) is 4.88. The van der Waals surface area contributed by atoms with Crippen LogP contribution in [0.4, 0.5) is 0 Å². The lowest BCUT2D eigenvalue weighted by molar-refractivity contribution is -0.137. The van der Waals surface area contributed by atoms with Crippen molar-refractivity contribution in [3.63, 3.8) is 0 Å². The third-order valence-corrected chi connectivity index (χ3v) is 7.53. The van der Waals surface area contributed by atoms with Gasteiger partial charge in [0.2, 0.25) is 11.8 Å². The summed E-state index contributed by atoms with van der Waals surface area (Å²) in [7, 11) is 5.85. The van der Waals surface area contributed by atoms with E-state index in [9.17, 15) is 9.59 Å². The molecular weight excluding hydrogens is 392 g/mol. The largest absolute Gasteiger partial charge is 0.497 e. The SMILES string of the molecule is COc1ccc(CC(=O)N2CCC3(CC2)CC(C(=O)N2CCN(C)CC2)N(C)C3)cc1. The number of rotatable bonds is 4. The van der Waals surface area contributed by atoms with Gasteiger partial charge in [0, 0.05) is 45.8 Å². The van der Waals surface area contributed by atoms with Gasteiger partial charge in [0.25, 0.3) is 0 Å². The Bertz CT molecular complexity index is 781. The van der Waals surface area contributed by atoms with Gasteiger partial charge in [0.05, 0.1) is 19.6 Å². The van der Waals surface area contributed by atoms with Crippen LogP contribution >= 0.6 is 0 Å². The van der Waals surface area contributed by atoms with E-state index in [0.29, 0.717) is 12.3 Å². The monoisotopic (exact) mass is 428 g/mol. The molecule has 0 aliphatic carbocycles. The lowest BCUT2D eigenvalue weighted by atomic mass is 9.76. The lowest BCUT2D eigenvalue weighted by Gasteiger charge is -2.39. The molecule has 3 aliphatic heterocycles. The number of carbonyl (C=O) groups excluding carboxylic acids is 2. The van der Waals surface area contributed by atoms with Crippen LogP contribution in [0.5, 0.6) is 5.75 Å². The predicted octanol–water partition coefficient (Wildman–Crippen LogP) is 1.32. The smallest absolute Gasteiger partial charge is 0.240 e. The first-order valence-electron chi connectivity index (χ1n) is 11.5. The maximum Gasteiger partial charge on any atom is 0.240 e. The Balaban J connectivity index is 1.30. The Labute approximate surface area is 185 Å². The molecule has 1 atom stereocenters. The highest BCUT2D eigenvalue weighted by atomic mass is 16.5. The highest BCUT2D eigenvalue weighted by Gasteiger charge is 2.48. The molecule has 0 saturated carbocycles. The van der Waals surface area contributed by atoms with E-state index >= 15 is 0 Å². The number of piperazine rings is 1. The van der Waals surface area contributed by atoms with Crippen LogP contribution in [-0.4, -0.2) is 104 Å². The minimum absolute atomic E-state index is 0.00930. The van der Waals surface area contributed by atoms with Crippen molar-refractivity contribution in [2.45, 2.75) is 31.7 Å². The number of hydrogen-bond acceptors (Lipinski definition) is 5. The molecule has 3 aliphatic rings. The molecule has 0 bridgehead atoms. The number of likely N-dealkylation sites (N-methyl/N-ethyl adjacent to an activating group) is 2. The van der Waals surface area contributed by atoms with Crippen molar-refractivity contribution in [1.82, 2.24) is 19.6 Å². The van der Waals surface area contributed by atoms with Gasteiger partial charge in [0.15, 0.2) is 0 Å². The van der Waals surface area contributed by atoms with E-state index in [0.717, 1.165) is 76.4 Å². The number of piperidine rings is 1. The molecule has 1 aromatic carbocycles. The first kappa shape index (κ1) is 22.1. The Morgan fingerprint density at radius 1 is 0.968 bits per heavy atom. The summed E-state index contributed by atoms with van der Waals surface area (Å²) in [4.78, 5) is 34.6. The summed E-state index contributed by atoms with van der Waals surface area (Å²) in [6, 6.07) is 7.72. The topological polar surface area (TPSA) is 56.3 Å². The summed E-state index contributed by atoms with van der Waals surface area (Å²) >= 11 is 0. The number of nitrogens with zero attached hydrogens (tertiary/aromatic N) is 4. The predicted molar refractivity (Wildman–Crippen MR) is 120 cm³/mol. The fraction of sp³-hybridized carbons (Fsp3) is 0.667. The van der Waals surface area contributed by atoms with E-state index in [1.165, 1.54) is 0 Å². The first-order chi connectivity index (χ1) is 14.9. The highest BCUT2D eigenvalue weighted by molar-refractivity contribution is 5.82. The number of carbonyl (C=O) groups is 2. The zero-order valence-electron chi connectivity index (χ0n) is 19.2. The summed E-state index contributed by atoms with van der Waals surface area (Å²) in [6.45, 7) is 6.12. The van der Waals surface area contributed by atoms with Crippen LogP contribution in [0.15, 0.2) is 24.3 Å². The fourth-order valence-electron chi connectivity index (χ4n) is 5.41. The van der Waals surface area contributed by atoms with Crippen LogP contribution in [0.2, 0.25) is 0 Å². The summed E-state index contributed by atoms with van der Waals surface area (Å²) in [6.07, 6.45) is 3.33. The zero-order chi connectivity index (χ0) is 22.0. The zero-order valence-corrected chi connectivity index (χ0v) is 19.2. The molecule has 3 fully saturated rings. The second kappa shape index (κ2) is 9.17. The van der Waals surface area contributed by atoms with Crippen LogP contribution < -0.4 is 4.74 Å². The Kier molecular flexibility index (Phi) is 6.53. The molecule has 3 heterocycles. The van der Waals surface area contributed by atoms with E-state index in [-0.39, 0.29) is 17.4 Å². The molecule has 1 aromatic rings. The molecule has 0 N–H and O–H groups in total. The Hall–Kier alpha value is -2.12. The summed E-state index contributed by atoms with van der Waals surface area (Å²) in [5.74, 6) is 1.30. The standard InChI is InChI=1S/C24H36N4O3/c1-25-12-14-28(15-13-25)23(30)21-17-24(18-26(21)2)8-10-27(11-9-24)22(29)16-19-4-6-20(31-3)7-5-19/h4-7,21H,8-18H2,1-3H3. The molecule has 1 spiro atoms. The maximum atomic E-state index is 13.2. The molecule has 7 heteroatoms. The van der Waals surface area contributed by atoms with Gasteiger partial charge in [-0.15, -0.1) is 0 Å². The molecule has 1 unspecified atom stereocenters. The summed E-state index contributed by atoms with van der Waals surface area (Å²) in [5, 5.41) is 0. The van der Waals surface area contributed by atoms with Crippen molar-refractivity contribution in [2.75, 3.05) is 67.0 Å². The van der Waals surface area contributed by atoms with E-state index in [1.54, 1.807) is 7.11 Å². The number of likely N-dealkylation sites (tertiary alicyclic amines) is 2. The van der Waals surface area contributed by atoms with Gasteiger partial charge in [-0.25, -0.2) is 0 Å². The van der Waals surface area contributed by atoms with Crippen LogP contribution in [-0.2, 0) is 16.0 Å². The molecular formula is C24H36N4O3. The van der Waals surface area contributed by atoms with Gasteiger partial charge in [-0.1, -0.05) is 12.1 Å². The third-order valence-electron chi connectivity index (χ3n) is 7.53. The molecule has 4 rings (SSSR count). The second-order valence-corrected chi connectivity index (χ2v) is 9.67. The number of methoxy groups -OCH3 is 1. The average Bonchev–Trinajstić information content (AvgIpc) is 3.10. The maximum absolute atomic E-state index is 13.2. The highest BCUT2D eigenvalue weighted by Crippen LogP contribution is 2.43. The van der Waals surface area contributed by atoms with E-state index in [4.69, 9.17) is 4.74 Å². The van der Waals surface area contributed by atoms with Crippen molar-refractivity contribution in [1.29, 1.82) is 0 Å². The van der Waals surface area contributed by atoms with Gasteiger partial charge < -0.3 is 19.4 Å². The van der Waals surface area contributed by atoms with Gasteiger partial charge >= 0.3 is 0 Å². The molecule has 0 aromatic heterocycles. The summed E-state index contributed by atoms with van der Waals surface area (Å²) in [5.41, 5.74) is 1.18. The summed E-state index contributed by atoms with van der Waals surface area (Å²) < 4.78 is 5.19. The van der Waals surface area contributed by atoms with Crippen LogP contribution in [0.25, 0.3) is 0 Å². The molecule has 2 amide bonds. The molecule has 170 valence electrons. The number of ether oxygens (including phenoxy) is 1. The van der Waals surface area contributed by atoms with Crippen molar-refractivity contribution in [2.24, 2.45) is 5.41 Å². The molecule has 31 heavy (non-hydrogen) atoms. The van der Waals surface area contributed by atoms with Crippen molar-refractivity contribution in [3.8, 4) is 5.75 Å². The van der Waals surface area contributed by atoms with Gasteiger partial charge in [-0.2, -0.15) is 0 Å². The van der Waals surface area contributed by atoms with Crippen LogP contribution in [0.1, 0.15) is 24.8 Å². The molecule has 3 saturated heterocycles. The fourth-order valence-corrected chi connectivity index (χ4v) is 5.41. The van der Waals surface area contributed by atoms with E-state index < -0.39 is 0 Å². The van der Waals surface area contributed by atoms with Crippen molar-refractivity contribution in [3.05, 3.63) is 29.8 Å². The molecule has 0 radical (unpaired) electrons. The number of amides is 2. The minimum atomic E-state index is -0.00930. The van der Waals surface area contributed by atoms with Gasteiger partial charge in [-0.3, -0.25) is 14.5 Å². The number of hydrogen-bond donors (Lipinski definition) is 0. The average molecular weight is 429 g/mol. The van der Waals surface area contributed by atoms with E-state index in [2.05, 4.69) is 23.9 Å². The van der Waals surface area contributed by atoms with Crippen LogP contribution in [0, 0.1) is 5.41 Å². The van der Waals surface area contributed by atoms with E-state index in [1.807, 2.05) is 34.1 Å². The normalized spacial score (nSPS) is 24.5. The quantitative estimate of drug-likeness (QED) is 0.724.